The van der Waals surface area contributed by atoms with Gasteiger partial charge in [-0.15, -0.1) is 0 Å². The third-order valence-electron chi connectivity index (χ3n) is 1.93. The average molecular weight is 178 g/mol. The Bertz CT molecular complexity index is 272. The van der Waals surface area contributed by atoms with Gasteiger partial charge in [0.05, 0.1) is 12.5 Å². The number of ketones is 1. The molecule has 1 rings (SSSR count). The second-order valence-corrected chi connectivity index (χ2v) is 2.98. The van der Waals surface area contributed by atoms with Gasteiger partial charge in [0.2, 0.25) is 0 Å². The summed E-state index contributed by atoms with van der Waals surface area (Å²) in [6, 6.07) is 5.18. The van der Waals surface area contributed by atoms with Crippen molar-refractivity contribution in [1.82, 2.24) is 4.98 Å². The van der Waals surface area contributed by atoms with Crippen LogP contribution in [0.5, 0.6) is 0 Å². The van der Waals surface area contributed by atoms with E-state index in [-0.39, 0.29) is 11.8 Å². The number of rotatable bonds is 4. The first-order valence-electron chi connectivity index (χ1n) is 4.42. The minimum Gasteiger partial charge on any atom is -0.322 e. The molecule has 3 heteroatoms. The molecule has 0 saturated heterocycles. The van der Waals surface area contributed by atoms with Gasteiger partial charge in [-0.3, -0.25) is 9.78 Å². The summed E-state index contributed by atoms with van der Waals surface area (Å²) in [5.41, 5.74) is 6.38. The fourth-order valence-electron chi connectivity index (χ4n) is 1.04. The predicted octanol–water partition coefficient (Wildman–Crippen LogP) is 0.930. The predicted molar refractivity (Wildman–Crippen MR) is 51.2 cm³/mol. The standard InChI is InChI=1S/C10H14N2O/c1-2-9(11)10(13)7-8-5-3-4-6-12-8/h3-6,9H,2,7,11H2,1H3. The molecule has 0 aliphatic rings. The topological polar surface area (TPSA) is 56.0 Å². The van der Waals surface area contributed by atoms with Crippen LogP contribution in [0.3, 0.4) is 0 Å². The van der Waals surface area contributed by atoms with Crippen LogP contribution in [0.2, 0.25) is 0 Å². The summed E-state index contributed by atoms with van der Waals surface area (Å²) >= 11 is 0. The van der Waals surface area contributed by atoms with Crippen LogP contribution in [-0.2, 0) is 11.2 Å². The molecule has 3 nitrogen and oxygen atoms in total. The normalized spacial score (nSPS) is 12.5. The molecule has 1 atom stereocenters. The van der Waals surface area contributed by atoms with Gasteiger partial charge in [0.15, 0.2) is 5.78 Å². The van der Waals surface area contributed by atoms with Gasteiger partial charge in [-0.1, -0.05) is 13.0 Å². The third kappa shape index (κ3) is 2.95. The van der Waals surface area contributed by atoms with Crippen LogP contribution in [-0.4, -0.2) is 16.8 Å². The maximum Gasteiger partial charge on any atom is 0.155 e. The highest BCUT2D eigenvalue weighted by molar-refractivity contribution is 5.85. The maximum absolute atomic E-state index is 11.4. The summed E-state index contributed by atoms with van der Waals surface area (Å²) < 4.78 is 0. The van der Waals surface area contributed by atoms with Gasteiger partial charge < -0.3 is 5.73 Å². The maximum atomic E-state index is 11.4. The molecule has 0 aromatic carbocycles. The Balaban J connectivity index is 2.55. The number of Topliss-reactive ketones (excluding diaryl/α,β-unsaturated/α-hetero) is 1. The van der Waals surface area contributed by atoms with Crippen molar-refractivity contribution >= 4 is 5.78 Å². The summed E-state index contributed by atoms with van der Waals surface area (Å²) in [6.07, 6.45) is 2.71. The first kappa shape index (κ1) is 9.86. The highest BCUT2D eigenvalue weighted by Gasteiger charge is 2.11. The molecule has 2 N–H and O–H groups in total. The molecule has 0 aliphatic heterocycles. The zero-order valence-corrected chi connectivity index (χ0v) is 7.73. The Hall–Kier alpha value is -1.22. The highest BCUT2D eigenvalue weighted by Crippen LogP contribution is 1.99. The van der Waals surface area contributed by atoms with Crippen LogP contribution in [0.4, 0.5) is 0 Å². The van der Waals surface area contributed by atoms with Gasteiger partial charge in [0.1, 0.15) is 0 Å². The Morgan fingerprint density at radius 2 is 2.38 bits per heavy atom. The summed E-state index contributed by atoms with van der Waals surface area (Å²) in [5.74, 6) is 0.0567. The molecule has 0 spiro atoms. The molecule has 0 fully saturated rings. The second kappa shape index (κ2) is 4.72. The largest absolute Gasteiger partial charge is 0.322 e. The summed E-state index contributed by atoms with van der Waals surface area (Å²) in [6.45, 7) is 1.90. The van der Waals surface area contributed by atoms with E-state index in [4.69, 9.17) is 5.73 Å². The number of nitrogens with two attached hydrogens (primary N) is 1. The third-order valence-corrected chi connectivity index (χ3v) is 1.93. The van der Waals surface area contributed by atoms with E-state index in [0.29, 0.717) is 12.8 Å². The van der Waals surface area contributed by atoms with Crippen LogP contribution in [0.25, 0.3) is 0 Å². The number of pyridine rings is 1. The molecule has 1 aromatic heterocycles. The summed E-state index contributed by atoms with van der Waals surface area (Å²) in [4.78, 5) is 15.4. The lowest BCUT2D eigenvalue weighted by molar-refractivity contribution is -0.119. The van der Waals surface area contributed by atoms with Crippen molar-refractivity contribution in [2.24, 2.45) is 5.73 Å². The number of carbonyl (C=O) groups is 1. The van der Waals surface area contributed by atoms with Crippen molar-refractivity contribution in [1.29, 1.82) is 0 Å². The number of carbonyl (C=O) groups excluding carboxylic acids is 1. The number of nitrogens with zero attached hydrogens (tertiary/aromatic N) is 1. The summed E-state index contributed by atoms with van der Waals surface area (Å²) in [7, 11) is 0. The highest BCUT2D eigenvalue weighted by atomic mass is 16.1. The zero-order valence-electron chi connectivity index (χ0n) is 7.73. The van der Waals surface area contributed by atoms with Crippen molar-refractivity contribution in [3.8, 4) is 0 Å². The van der Waals surface area contributed by atoms with Gasteiger partial charge in [-0.2, -0.15) is 0 Å². The fourth-order valence-corrected chi connectivity index (χ4v) is 1.04. The van der Waals surface area contributed by atoms with E-state index in [1.807, 2.05) is 25.1 Å². The minimum atomic E-state index is -0.345. The molecule has 1 heterocycles. The first-order valence-corrected chi connectivity index (χ1v) is 4.42. The van der Waals surface area contributed by atoms with E-state index in [0.717, 1.165) is 5.69 Å². The van der Waals surface area contributed by atoms with E-state index >= 15 is 0 Å². The molecule has 13 heavy (non-hydrogen) atoms. The number of aromatic nitrogens is 1. The second-order valence-electron chi connectivity index (χ2n) is 2.98. The van der Waals surface area contributed by atoms with E-state index < -0.39 is 0 Å². The Morgan fingerprint density at radius 3 is 2.92 bits per heavy atom. The van der Waals surface area contributed by atoms with Crippen molar-refractivity contribution in [3.63, 3.8) is 0 Å². The van der Waals surface area contributed by atoms with Gasteiger partial charge in [0.25, 0.3) is 0 Å². The number of hydrogen-bond acceptors (Lipinski definition) is 3. The van der Waals surface area contributed by atoms with E-state index in [2.05, 4.69) is 4.98 Å². The molecule has 70 valence electrons. The molecule has 0 saturated carbocycles. The van der Waals surface area contributed by atoms with Crippen LogP contribution >= 0.6 is 0 Å². The van der Waals surface area contributed by atoms with Crippen LogP contribution in [0, 0.1) is 0 Å². The fraction of sp³-hybridized carbons (Fsp3) is 0.400. The lowest BCUT2D eigenvalue weighted by Crippen LogP contribution is -2.31. The van der Waals surface area contributed by atoms with E-state index in [9.17, 15) is 4.79 Å². The van der Waals surface area contributed by atoms with E-state index in [1.54, 1.807) is 6.20 Å². The molecule has 0 amide bonds. The molecule has 1 unspecified atom stereocenters. The lowest BCUT2D eigenvalue weighted by Gasteiger charge is -2.06. The average Bonchev–Trinajstić information content (AvgIpc) is 2.18. The Kier molecular flexibility index (Phi) is 3.58. The minimum absolute atomic E-state index is 0.0567. The monoisotopic (exact) mass is 178 g/mol. The Morgan fingerprint density at radius 1 is 1.62 bits per heavy atom. The summed E-state index contributed by atoms with van der Waals surface area (Å²) in [5, 5.41) is 0. The van der Waals surface area contributed by atoms with Crippen molar-refractivity contribution in [2.45, 2.75) is 25.8 Å². The van der Waals surface area contributed by atoms with Gasteiger partial charge in [0, 0.05) is 11.9 Å². The smallest absolute Gasteiger partial charge is 0.155 e. The van der Waals surface area contributed by atoms with E-state index in [1.165, 1.54) is 0 Å². The van der Waals surface area contributed by atoms with Crippen LogP contribution in [0.15, 0.2) is 24.4 Å². The SMILES string of the molecule is CCC(N)C(=O)Cc1ccccn1. The molecular formula is C10H14N2O. The van der Waals surface area contributed by atoms with Gasteiger partial charge >= 0.3 is 0 Å². The molecule has 0 bridgehead atoms. The molecule has 0 aliphatic carbocycles. The first-order chi connectivity index (χ1) is 6.24. The van der Waals surface area contributed by atoms with Crippen LogP contribution < -0.4 is 5.73 Å². The molecular weight excluding hydrogens is 164 g/mol. The molecule has 0 radical (unpaired) electrons. The van der Waals surface area contributed by atoms with Gasteiger partial charge in [-0.25, -0.2) is 0 Å². The zero-order chi connectivity index (χ0) is 9.68. The molecule has 1 aromatic rings. The van der Waals surface area contributed by atoms with Crippen molar-refractivity contribution in [3.05, 3.63) is 30.1 Å². The van der Waals surface area contributed by atoms with Crippen molar-refractivity contribution in [2.75, 3.05) is 0 Å². The Labute approximate surface area is 78.0 Å². The number of hydrogen-bond donors (Lipinski definition) is 1. The quantitative estimate of drug-likeness (QED) is 0.746. The van der Waals surface area contributed by atoms with Gasteiger partial charge in [-0.05, 0) is 18.6 Å². The van der Waals surface area contributed by atoms with Crippen molar-refractivity contribution < 1.29 is 4.79 Å². The lowest BCUT2D eigenvalue weighted by atomic mass is 10.1. The van der Waals surface area contributed by atoms with Crippen LogP contribution in [0.1, 0.15) is 19.0 Å².